The van der Waals surface area contributed by atoms with Crippen LogP contribution in [-0.2, 0) is 4.79 Å². The zero-order chi connectivity index (χ0) is 13.2. The van der Waals surface area contributed by atoms with E-state index in [4.69, 9.17) is 5.11 Å². The Hall–Kier alpha value is -1.26. The number of nitrogens with zero attached hydrogens (tertiary/aromatic N) is 1. The van der Waals surface area contributed by atoms with Gasteiger partial charge in [0.1, 0.15) is 0 Å². The maximum Gasteiger partial charge on any atom is 0.317 e. The maximum absolute atomic E-state index is 12.0. The number of carbonyl (C=O) groups is 2. The Kier molecular flexibility index (Phi) is 3.78. The molecule has 1 saturated heterocycles. The lowest BCUT2D eigenvalue weighted by atomic mass is 9.98. The van der Waals surface area contributed by atoms with Crippen molar-refractivity contribution in [2.45, 2.75) is 39.0 Å². The normalized spacial score (nSPS) is 25.6. The molecule has 1 atom stereocenters. The number of aliphatic carboxylic acids is 1. The number of likely N-dealkylation sites (tertiary alicyclic amines) is 1. The Balaban J connectivity index is 1.79. The molecule has 0 unspecified atom stereocenters. The maximum atomic E-state index is 12.0. The van der Waals surface area contributed by atoms with Crippen LogP contribution in [0.25, 0.3) is 0 Å². The van der Waals surface area contributed by atoms with Gasteiger partial charge in [0, 0.05) is 19.6 Å². The van der Waals surface area contributed by atoms with E-state index in [2.05, 4.69) is 12.2 Å². The third kappa shape index (κ3) is 2.94. The van der Waals surface area contributed by atoms with E-state index in [0.717, 1.165) is 19.4 Å². The van der Waals surface area contributed by atoms with Gasteiger partial charge in [0.15, 0.2) is 0 Å². The smallest absolute Gasteiger partial charge is 0.317 e. The molecule has 2 N–H and O–H groups in total. The van der Waals surface area contributed by atoms with Crippen molar-refractivity contribution in [1.29, 1.82) is 0 Å². The lowest BCUT2D eigenvalue weighted by Gasteiger charge is -2.31. The third-order valence-corrected chi connectivity index (χ3v) is 4.38. The van der Waals surface area contributed by atoms with E-state index in [9.17, 15) is 9.59 Å². The Labute approximate surface area is 108 Å². The molecule has 1 aliphatic heterocycles. The molecule has 102 valence electrons. The topological polar surface area (TPSA) is 69.6 Å². The number of carbonyl (C=O) groups excluding carboxylic acids is 1. The lowest BCUT2D eigenvalue weighted by Crippen LogP contribution is -2.48. The van der Waals surface area contributed by atoms with Crippen molar-refractivity contribution in [3.05, 3.63) is 0 Å². The minimum atomic E-state index is -0.792. The molecule has 0 aromatic carbocycles. The van der Waals surface area contributed by atoms with Crippen LogP contribution in [0, 0.1) is 11.3 Å². The summed E-state index contributed by atoms with van der Waals surface area (Å²) in [4.78, 5) is 24.6. The van der Waals surface area contributed by atoms with Crippen LogP contribution in [0.3, 0.4) is 0 Å². The molecule has 0 bridgehead atoms. The van der Waals surface area contributed by atoms with E-state index in [1.165, 1.54) is 12.8 Å². The molecule has 5 nitrogen and oxygen atoms in total. The molecule has 0 aromatic rings. The highest BCUT2D eigenvalue weighted by atomic mass is 16.4. The van der Waals surface area contributed by atoms with Crippen molar-refractivity contribution in [3.8, 4) is 0 Å². The number of nitrogens with one attached hydrogen (secondary N) is 1. The Bertz CT molecular complexity index is 339. The van der Waals surface area contributed by atoms with E-state index < -0.39 is 11.9 Å². The molecule has 18 heavy (non-hydrogen) atoms. The van der Waals surface area contributed by atoms with Crippen LogP contribution < -0.4 is 5.32 Å². The molecule has 2 rings (SSSR count). The Morgan fingerprint density at radius 1 is 1.44 bits per heavy atom. The fraction of sp³-hybridized carbons (Fsp3) is 0.846. The highest BCUT2D eigenvalue weighted by molar-refractivity contribution is 5.76. The number of carboxylic acids is 1. The van der Waals surface area contributed by atoms with Crippen LogP contribution in [0.4, 0.5) is 4.79 Å². The summed E-state index contributed by atoms with van der Waals surface area (Å²) in [5.41, 5.74) is 0.331. The quantitative estimate of drug-likeness (QED) is 0.802. The SMILES string of the molecule is CCC1(CNC(=O)N2CCC[C@@H](C(=O)O)C2)CC1. The molecule has 1 saturated carbocycles. The van der Waals surface area contributed by atoms with Gasteiger partial charge in [-0.25, -0.2) is 4.79 Å². The first-order chi connectivity index (χ1) is 8.56. The number of rotatable bonds is 4. The molecule has 1 aliphatic carbocycles. The monoisotopic (exact) mass is 254 g/mol. The first-order valence-electron chi connectivity index (χ1n) is 6.82. The van der Waals surface area contributed by atoms with Gasteiger partial charge in [-0.1, -0.05) is 6.92 Å². The minimum Gasteiger partial charge on any atom is -0.481 e. The average Bonchev–Trinajstić information content (AvgIpc) is 3.17. The Morgan fingerprint density at radius 2 is 2.17 bits per heavy atom. The van der Waals surface area contributed by atoms with Gasteiger partial charge in [-0.15, -0.1) is 0 Å². The molecule has 5 heteroatoms. The molecule has 0 spiro atoms. The van der Waals surface area contributed by atoms with E-state index in [-0.39, 0.29) is 6.03 Å². The highest BCUT2D eigenvalue weighted by Crippen LogP contribution is 2.47. The average molecular weight is 254 g/mol. The van der Waals surface area contributed by atoms with Gasteiger partial charge >= 0.3 is 12.0 Å². The second kappa shape index (κ2) is 5.16. The van der Waals surface area contributed by atoms with Crippen LogP contribution in [0.5, 0.6) is 0 Å². The molecule has 2 amide bonds. The fourth-order valence-electron chi connectivity index (χ4n) is 2.57. The van der Waals surface area contributed by atoms with Crippen LogP contribution in [0.1, 0.15) is 39.0 Å². The van der Waals surface area contributed by atoms with E-state index in [1.807, 2.05) is 0 Å². The number of piperidine rings is 1. The number of amides is 2. The summed E-state index contributed by atoms with van der Waals surface area (Å²) in [5.74, 6) is -1.19. The first kappa shape index (κ1) is 13.2. The van der Waals surface area contributed by atoms with Crippen molar-refractivity contribution in [3.63, 3.8) is 0 Å². The van der Waals surface area contributed by atoms with Gasteiger partial charge in [0.25, 0.3) is 0 Å². The predicted molar refractivity (Wildman–Crippen MR) is 67.3 cm³/mol. The van der Waals surface area contributed by atoms with Crippen LogP contribution in [0.2, 0.25) is 0 Å². The Morgan fingerprint density at radius 3 is 2.72 bits per heavy atom. The van der Waals surface area contributed by atoms with Gasteiger partial charge in [0.05, 0.1) is 5.92 Å². The first-order valence-corrected chi connectivity index (χ1v) is 6.82. The highest BCUT2D eigenvalue weighted by Gasteiger charge is 2.41. The predicted octanol–water partition coefficient (Wildman–Crippen LogP) is 1.68. The molecular formula is C13H22N2O3. The summed E-state index contributed by atoms with van der Waals surface area (Å²) in [6, 6.07) is -0.0966. The second-order valence-electron chi connectivity index (χ2n) is 5.64. The minimum absolute atomic E-state index is 0.0966. The zero-order valence-electron chi connectivity index (χ0n) is 10.9. The van der Waals surface area contributed by atoms with E-state index in [0.29, 0.717) is 24.9 Å². The fourth-order valence-corrected chi connectivity index (χ4v) is 2.57. The molecule has 0 radical (unpaired) electrons. The van der Waals surface area contributed by atoms with Crippen molar-refractivity contribution in [2.24, 2.45) is 11.3 Å². The van der Waals surface area contributed by atoms with Gasteiger partial charge in [-0.3, -0.25) is 4.79 Å². The summed E-state index contributed by atoms with van der Waals surface area (Å²) in [7, 11) is 0. The molecular weight excluding hydrogens is 232 g/mol. The number of hydrogen-bond acceptors (Lipinski definition) is 2. The molecule has 2 fully saturated rings. The summed E-state index contributed by atoms with van der Waals surface area (Å²) >= 11 is 0. The third-order valence-electron chi connectivity index (χ3n) is 4.38. The lowest BCUT2D eigenvalue weighted by molar-refractivity contribution is -0.143. The summed E-state index contributed by atoms with van der Waals surface area (Å²) < 4.78 is 0. The van der Waals surface area contributed by atoms with Crippen molar-refractivity contribution >= 4 is 12.0 Å². The standard InChI is InChI=1S/C13H22N2O3/c1-2-13(5-6-13)9-14-12(18)15-7-3-4-10(8-15)11(16)17/h10H,2-9H2,1H3,(H,14,18)(H,16,17)/t10-/m1/s1. The van der Waals surface area contributed by atoms with Gasteiger partial charge in [-0.2, -0.15) is 0 Å². The number of carboxylic acid groups (broad SMARTS) is 1. The second-order valence-corrected chi connectivity index (χ2v) is 5.64. The molecule has 2 aliphatic rings. The van der Waals surface area contributed by atoms with Gasteiger partial charge < -0.3 is 15.3 Å². The van der Waals surface area contributed by atoms with Gasteiger partial charge in [-0.05, 0) is 37.5 Å². The summed E-state index contributed by atoms with van der Waals surface area (Å²) in [6.45, 7) is 3.91. The van der Waals surface area contributed by atoms with Gasteiger partial charge in [0.2, 0.25) is 0 Å². The summed E-state index contributed by atoms with van der Waals surface area (Å²) in [5, 5.41) is 11.9. The van der Waals surface area contributed by atoms with Crippen LogP contribution in [0.15, 0.2) is 0 Å². The largest absolute Gasteiger partial charge is 0.481 e. The van der Waals surface area contributed by atoms with Crippen molar-refractivity contribution in [1.82, 2.24) is 10.2 Å². The van der Waals surface area contributed by atoms with E-state index in [1.54, 1.807) is 4.90 Å². The van der Waals surface area contributed by atoms with Crippen LogP contribution >= 0.6 is 0 Å². The van der Waals surface area contributed by atoms with Crippen molar-refractivity contribution in [2.75, 3.05) is 19.6 Å². The number of hydrogen-bond donors (Lipinski definition) is 2. The van der Waals surface area contributed by atoms with E-state index >= 15 is 0 Å². The summed E-state index contributed by atoms with van der Waals surface area (Å²) in [6.07, 6.45) is 4.95. The zero-order valence-corrected chi connectivity index (χ0v) is 10.9. The van der Waals surface area contributed by atoms with Crippen molar-refractivity contribution < 1.29 is 14.7 Å². The molecule has 0 aromatic heterocycles. The van der Waals surface area contributed by atoms with Crippen LogP contribution in [-0.4, -0.2) is 41.6 Å². The number of urea groups is 1. The molecule has 1 heterocycles.